The summed E-state index contributed by atoms with van der Waals surface area (Å²) in [6.07, 6.45) is 0.601. The van der Waals surface area contributed by atoms with E-state index in [1.165, 1.54) is 0 Å². The average Bonchev–Trinajstić information content (AvgIpc) is 1.85. The second-order valence-electron chi connectivity index (χ2n) is 2.29. The minimum Gasteiger partial charge on any atom is -0.424 e. The zero-order chi connectivity index (χ0) is 8.74. The molecule has 4 nitrogen and oxygen atoms in total. The van der Waals surface area contributed by atoms with Crippen LogP contribution in [0.4, 0.5) is 0 Å². The van der Waals surface area contributed by atoms with Crippen LogP contribution >= 0.6 is 7.60 Å². The highest BCUT2D eigenvalue weighted by molar-refractivity contribution is 7.51. The third kappa shape index (κ3) is 10.3. The smallest absolute Gasteiger partial charge is 0.325 e. The van der Waals surface area contributed by atoms with Gasteiger partial charge in [0, 0.05) is 12.8 Å². The van der Waals surface area contributed by atoms with Gasteiger partial charge in [-0.15, -0.1) is 0 Å². The fourth-order valence-electron chi connectivity index (χ4n) is 0.666. The largest absolute Gasteiger partial charge is 0.424 e. The van der Waals surface area contributed by atoms with Crippen molar-refractivity contribution in [1.82, 2.24) is 0 Å². The van der Waals surface area contributed by atoms with Crippen molar-refractivity contribution in [2.75, 3.05) is 12.8 Å². The third-order valence-corrected chi connectivity index (χ3v) is 3.58. The van der Waals surface area contributed by atoms with E-state index in [4.69, 9.17) is 14.2 Å². The molecule has 0 radical (unpaired) electrons. The first kappa shape index (κ1) is 11.3. The van der Waals surface area contributed by atoms with Gasteiger partial charge in [-0.05, 0) is 19.4 Å². The molecule has 0 amide bonds. The van der Waals surface area contributed by atoms with Crippen molar-refractivity contribution < 1.29 is 18.8 Å². The van der Waals surface area contributed by atoms with E-state index in [0.29, 0.717) is 6.42 Å². The zero-order valence-corrected chi connectivity index (χ0v) is 9.00. The molecule has 0 aliphatic carbocycles. The molecule has 0 aromatic carbocycles. The summed E-state index contributed by atoms with van der Waals surface area (Å²) in [5.74, 6) is 0. The van der Waals surface area contributed by atoms with Gasteiger partial charge in [-0.1, -0.05) is 0 Å². The molecular formula is C5H15O4PSi. The van der Waals surface area contributed by atoms with Crippen LogP contribution in [0.2, 0.25) is 6.04 Å². The molecule has 0 saturated heterocycles. The first-order valence-corrected chi connectivity index (χ1v) is 7.06. The van der Waals surface area contributed by atoms with Crippen LogP contribution in [0.15, 0.2) is 0 Å². The van der Waals surface area contributed by atoms with Crippen molar-refractivity contribution in [1.29, 1.82) is 0 Å². The SMILES string of the molecule is CCO[SiH2]CCCP(=O)(O)O. The Hall–Kier alpha value is 0.327. The van der Waals surface area contributed by atoms with Crippen LogP contribution in [0.3, 0.4) is 0 Å². The van der Waals surface area contributed by atoms with Gasteiger partial charge < -0.3 is 14.2 Å². The third-order valence-electron chi connectivity index (χ3n) is 1.19. The van der Waals surface area contributed by atoms with E-state index in [-0.39, 0.29) is 6.16 Å². The van der Waals surface area contributed by atoms with E-state index in [0.717, 1.165) is 12.7 Å². The Morgan fingerprint density at radius 2 is 2.18 bits per heavy atom. The van der Waals surface area contributed by atoms with Crippen LogP contribution in [-0.4, -0.2) is 32.3 Å². The molecule has 0 bridgehead atoms. The Kier molecular flexibility index (Phi) is 6.09. The monoisotopic (exact) mass is 198 g/mol. The molecule has 0 aliphatic rings. The number of rotatable bonds is 6. The summed E-state index contributed by atoms with van der Waals surface area (Å²) in [6, 6.07) is 0.860. The maximum Gasteiger partial charge on any atom is 0.325 e. The first-order valence-electron chi connectivity index (χ1n) is 3.68. The Morgan fingerprint density at radius 3 is 2.64 bits per heavy atom. The standard InChI is InChI=1S/C5H15O4PSi/c1-2-9-11-5-3-4-10(6,7)8/h2-5,11H2,1H3,(H2,6,7,8). The van der Waals surface area contributed by atoms with Crippen molar-refractivity contribution in [3.8, 4) is 0 Å². The van der Waals surface area contributed by atoms with Gasteiger partial charge in [-0.25, -0.2) is 0 Å². The summed E-state index contributed by atoms with van der Waals surface area (Å²) >= 11 is 0. The van der Waals surface area contributed by atoms with Crippen LogP contribution < -0.4 is 0 Å². The molecule has 0 rings (SSSR count). The minimum absolute atomic E-state index is 0.00702. The van der Waals surface area contributed by atoms with E-state index in [2.05, 4.69) is 0 Å². The summed E-state index contributed by atoms with van der Waals surface area (Å²) in [7, 11) is -4.25. The van der Waals surface area contributed by atoms with Crippen molar-refractivity contribution in [3.63, 3.8) is 0 Å². The molecule has 0 saturated carbocycles. The van der Waals surface area contributed by atoms with Crippen molar-refractivity contribution in [3.05, 3.63) is 0 Å². The Bertz CT molecular complexity index is 134. The predicted octanol–water partition coefficient (Wildman–Crippen LogP) is 0.0928. The van der Waals surface area contributed by atoms with E-state index in [1.54, 1.807) is 0 Å². The van der Waals surface area contributed by atoms with Gasteiger partial charge in [0.1, 0.15) is 0 Å². The van der Waals surface area contributed by atoms with E-state index in [1.807, 2.05) is 6.92 Å². The zero-order valence-electron chi connectivity index (χ0n) is 6.69. The van der Waals surface area contributed by atoms with Gasteiger partial charge in [0.25, 0.3) is 0 Å². The Balaban J connectivity index is 3.09. The average molecular weight is 198 g/mol. The lowest BCUT2D eigenvalue weighted by atomic mass is 10.6. The highest BCUT2D eigenvalue weighted by Gasteiger charge is 2.10. The molecule has 2 N–H and O–H groups in total. The van der Waals surface area contributed by atoms with Gasteiger partial charge in [-0.2, -0.15) is 0 Å². The van der Waals surface area contributed by atoms with Crippen molar-refractivity contribution in [2.24, 2.45) is 0 Å². The molecule has 11 heavy (non-hydrogen) atoms. The molecule has 0 unspecified atom stereocenters. The fourth-order valence-corrected chi connectivity index (χ4v) is 2.67. The Morgan fingerprint density at radius 1 is 1.55 bits per heavy atom. The maximum absolute atomic E-state index is 10.3. The molecule has 0 spiro atoms. The predicted molar refractivity (Wildman–Crippen MR) is 46.5 cm³/mol. The lowest BCUT2D eigenvalue weighted by Gasteiger charge is -2.02. The van der Waals surface area contributed by atoms with Crippen LogP contribution in [0.5, 0.6) is 0 Å². The number of hydrogen-bond donors (Lipinski definition) is 2. The second kappa shape index (κ2) is 5.91. The molecular weight excluding hydrogens is 183 g/mol. The van der Waals surface area contributed by atoms with Crippen LogP contribution in [0.25, 0.3) is 0 Å². The summed E-state index contributed by atoms with van der Waals surface area (Å²) in [4.78, 5) is 16.9. The van der Waals surface area contributed by atoms with Crippen LogP contribution in [0.1, 0.15) is 13.3 Å². The lowest BCUT2D eigenvalue weighted by Crippen LogP contribution is -1.98. The van der Waals surface area contributed by atoms with Gasteiger partial charge in [0.2, 0.25) is 0 Å². The van der Waals surface area contributed by atoms with E-state index >= 15 is 0 Å². The van der Waals surface area contributed by atoms with E-state index < -0.39 is 17.4 Å². The van der Waals surface area contributed by atoms with Gasteiger partial charge in [-0.3, -0.25) is 4.57 Å². The molecule has 68 valence electrons. The maximum atomic E-state index is 10.3. The molecule has 6 heteroatoms. The molecule has 0 aliphatic heterocycles. The van der Waals surface area contributed by atoms with Gasteiger partial charge in [0.05, 0.1) is 0 Å². The quantitative estimate of drug-likeness (QED) is 0.360. The molecule has 0 heterocycles. The lowest BCUT2D eigenvalue weighted by molar-refractivity contribution is 0.358. The molecule has 0 aromatic heterocycles. The topological polar surface area (TPSA) is 66.8 Å². The molecule has 0 aromatic rings. The highest BCUT2D eigenvalue weighted by atomic mass is 31.2. The first-order chi connectivity index (χ1) is 5.06. The second-order valence-corrected chi connectivity index (χ2v) is 5.59. The summed E-state index contributed by atoms with van der Waals surface area (Å²) in [6.45, 7) is 2.65. The number of hydrogen-bond acceptors (Lipinski definition) is 2. The summed E-state index contributed by atoms with van der Waals surface area (Å²) < 4.78 is 15.5. The minimum atomic E-state index is -3.75. The van der Waals surface area contributed by atoms with E-state index in [9.17, 15) is 4.57 Å². The molecule has 0 fully saturated rings. The Labute approximate surface area is 69.1 Å². The van der Waals surface area contributed by atoms with Gasteiger partial charge >= 0.3 is 7.60 Å². The van der Waals surface area contributed by atoms with Gasteiger partial charge in [0.15, 0.2) is 9.76 Å². The summed E-state index contributed by atoms with van der Waals surface area (Å²) in [5, 5.41) is 0. The molecule has 0 atom stereocenters. The van der Waals surface area contributed by atoms with Crippen molar-refractivity contribution in [2.45, 2.75) is 19.4 Å². The fraction of sp³-hybridized carbons (Fsp3) is 1.00. The normalized spacial score (nSPS) is 13.0. The van der Waals surface area contributed by atoms with Crippen molar-refractivity contribution >= 4 is 17.4 Å². The van der Waals surface area contributed by atoms with Crippen LogP contribution in [-0.2, 0) is 8.99 Å². The highest BCUT2D eigenvalue weighted by Crippen LogP contribution is 2.35. The van der Waals surface area contributed by atoms with Crippen LogP contribution in [0, 0.1) is 0 Å². The summed E-state index contributed by atoms with van der Waals surface area (Å²) in [5.41, 5.74) is 0.